The first-order valence-electron chi connectivity index (χ1n) is 6.62. The number of ether oxygens (including phenoxy) is 1. The number of carbonyl (C=O) groups is 2. The maximum absolute atomic E-state index is 12.1. The number of aromatic hydroxyl groups is 3. The molecule has 118 valence electrons. The smallest absolute Gasteiger partial charge is 0.308 e. The molecule has 0 aromatic heterocycles. The summed E-state index contributed by atoms with van der Waals surface area (Å²) in [5.74, 6) is -1.73. The van der Waals surface area contributed by atoms with Crippen LogP contribution in [-0.4, -0.2) is 27.1 Å². The van der Waals surface area contributed by atoms with Crippen LogP contribution in [0.25, 0.3) is 6.08 Å². The molecule has 2 aromatic carbocycles. The highest BCUT2D eigenvalue weighted by Gasteiger charge is 2.10. The maximum atomic E-state index is 12.1. The summed E-state index contributed by atoms with van der Waals surface area (Å²) in [5, 5.41) is 28.4. The van der Waals surface area contributed by atoms with E-state index in [1.54, 1.807) is 0 Å². The second kappa shape index (κ2) is 6.65. The Labute approximate surface area is 131 Å². The third-order valence-corrected chi connectivity index (χ3v) is 2.92. The highest BCUT2D eigenvalue weighted by atomic mass is 16.5. The van der Waals surface area contributed by atoms with E-state index in [1.165, 1.54) is 55.5 Å². The van der Waals surface area contributed by atoms with E-state index < -0.39 is 11.8 Å². The minimum Gasteiger partial charge on any atom is -0.507 e. The van der Waals surface area contributed by atoms with E-state index in [1.807, 2.05) is 0 Å². The van der Waals surface area contributed by atoms with E-state index in [4.69, 9.17) is 4.74 Å². The average Bonchev–Trinajstić information content (AvgIpc) is 2.47. The maximum Gasteiger partial charge on any atom is 0.308 e. The Hall–Kier alpha value is -3.28. The summed E-state index contributed by atoms with van der Waals surface area (Å²) in [5.41, 5.74) is 0.546. The van der Waals surface area contributed by atoms with E-state index >= 15 is 0 Å². The van der Waals surface area contributed by atoms with Gasteiger partial charge in [-0.25, -0.2) is 0 Å². The van der Waals surface area contributed by atoms with Crippen molar-refractivity contribution in [2.75, 3.05) is 0 Å². The van der Waals surface area contributed by atoms with Gasteiger partial charge in [-0.3, -0.25) is 9.59 Å². The Balaban J connectivity index is 2.18. The Morgan fingerprint density at radius 3 is 2.30 bits per heavy atom. The van der Waals surface area contributed by atoms with Gasteiger partial charge in [0.15, 0.2) is 17.3 Å². The van der Waals surface area contributed by atoms with Crippen molar-refractivity contribution in [1.29, 1.82) is 0 Å². The van der Waals surface area contributed by atoms with Crippen LogP contribution < -0.4 is 4.74 Å². The lowest BCUT2D eigenvalue weighted by Gasteiger charge is -2.04. The van der Waals surface area contributed by atoms with E-state index in [0.717, 1.165) is 0 Å². The zero-order valence-corrected chi connectivity index (χ0v) is 12.2. The van der Waals surface area contributed by atoms with Crippen molar-refractivity contribution in [2.24, 2.45) is 0 Å². The normalized spacial score (nSPS) is 10.7. The van der Waals surface area contributed by atoms with Crippen LogP contribution in [0.3, 0.4) is 0 Å². The molecule has 6 nitrogen and oxygen atoms in total. The summed E-state index contributed by atoms with van der Waals surface area (Å²) in [4.78, 5) is 22.9. The van der Waals surface area contributed by atoms with Gasteiger partial charge in [-0.2, -0.15) is 0 Å². The molecule has 3 N–H and O–H groups in total. The van der Waals surface area contributed by atoms with Crippen molar-refractivity contribution in [3.63, 3.8) is 0 Å². The topological polar surface area (TPSA) is 104 Å². The molecule has 0 amide bonds. The van der Waals surface area contributed by atoms with Crippen LogP contribution in [0.5, 0.6) is 23.0 Å². The van der Waals surface area contributed by atoms with Crippen LogP contribution in [0.4, 0.5) is 0 Å². The molecule has 0 aliphatic rings. The van der Waals surface area contributed by atoms with Gasteiger partial charge >= 0.3 is 5.97 Å². The first-order chi connectivity index (χ1) is 10.9. The van der Waals surface area contributed by atoms with Crippen LogP contribution in [0.2, 0.25) is 0 Å². The third-order valence-electron chi connectivity index (χ3n) is 2.92. The van der Waals surface area contributed by atoms with Crippen LogP contribution in [0, 0.1) is 0 Å². The quantitative estimate of drug-likeness (QED) is 0.263. The van der Waals surface area contributed by atoms with Crippen molar-refractivity contribution >= 4 is 17.8 Å². The van der Waals surface area contributed by atoms with Crippen LogP contribution in [-0.2, 0) is 4.79 Å². The lowest BCUT2D eigenvalue weighted by Crippen LogP contribution is -2.02. The fourth-order valence-corrected chi connectivity index (χ4v) is 1.86. The molecule has 0 saturated carbocycles. The van der Waals surface area contributed by atoms with Gasteiger partial charge in [0.2, 0.25) is 0 Å². The largest absolute Gasteiger partial charge is 0.507 e. The summed E-state index contributed by atoms with van der Waals surface area (Å²) in [6.45, 7) is 1.23. The molecule has 0 atom stereocenters. The van der Waals surface area contributed by atoms with E-state index in [2.05, 4.69) is 0 Å². The average molecular weight is 314 g/mol. The second-order valence-electron chi connectivity index (χ2n) is 4.72. The molecular formula is C17H14O6. The summed E-state index contributed by atoms with van der Waals surface area (Å²) in [7, 11) is 0. The highest BCUT2D eigenvalue weighted by molar-refractivity contribution is 6.08. The van der Waals surface area contributed by atoms with Gasteiger partial charge in [-0.05, 0) is 35.9 Å². The van der Waals surface area contributed by atoms with Gasteiger partial charge in [0.05, 0.1) is 5.56 Å². The molecule has 0 fully saturated rings. The summed E-state index contributed by atoms with van der Waals surface area (Å²) >= 11 is 0. The first kappa shape index (κ1) is 16.1. The fourth-order valence-electron chi connectivity index (χ4n) is 1.86. The number of hydrogen-bond acceptors (Lipinski definition) is 6. The first-order valence-corrected chi connectivity index (χ1v) is 6.62. The highest BCUT2D eigenvalue weighted by Crippen LogP contribution is 2.27. The van der Waals surface area contributed by atoms with E-state index in [9.17, 15) is 24.9 Å². The zero-order chi connectivity index (χ0) is 17.0. The number of esters is 1. The predicted octanol–water partition coefficient (Wildman–Crippen LogP) is 2.62. The number of allylic oxidation sites excluding steroid dienone is 1. The Bertz CT molecular complexity index is 792. The number of carbonyl (C=O) groups excluding carboxylic acids is 2. The molecule has 0 radical (unpaired) electrons. The van der Waals surface area contributed by atoms with E-state index in [0.29, 0.717) is 5.56 Å². The van der Waals surface area contributed by atoms with Crippen LogP contribution in [0.15, 0.2) is 42.5 Å². The Kier molecular flexibility index (Phi) is 4.66. The Morgan fingerprint density at radius 1 is 0.957 bits per heavy atom. The number of rotatable bonds is 4. The summed E-state index contributed by atoms with van der Waals surface area (Å²) in [6.07, 6.45) is 2.65. The number of phenols is 3. The van der Waals surface area contributed by atoms with Gasteiger partial charge in [0.25, 0.3) is 0 Å². The van der Waals surface area contributed by atoms with Crippen LogP contribution in [0.1, 0.15) is 22.8 Å². The van der Waals surface area contributed by atoms with Gasteiger partial charge < -0.3 is 20.1 Å². The van der Waals surface area contributed by atoms with Crippen molar-refractivity contribution in [3.05, 3.63) is 53.6 Å². The minimum absolute atomic E-state index is 0.0418. The zero-order valence-electron chi connectivity index (χ0n) is 12.2. The second-order valence-corrected chi connectivity index (χ2v) is 4.72. The number of ketones is 1. The van der Waals surface area contributed by atoms with Gasteiger partial charge in [-0.15, -0.1) is 0 Å². The molecule has 0 spiro atoms. The Morgan fingerprint density at radius 2 is 1.70 bits per heavy atom. The van der Waals surface area contributed by atoms with Gasteiger partial charge in [-0.1, -0.05) is 12.1 Å². The van der Waals surface area contributed by atoms with Crippen molar-refractivity contribution < 1.29 is 29.6 Å². The SMILES string of the molecule is CC(=O)Oc1ccc(C(=O)C=Cc2ccc(O)c(O)c2)c(O)c1. The summed E-state index contributed by atoms with van der Waals surface area (Å²) in [6, 6.07) is 8.02. The number of benzene rings is 2. The van der Waals surface area contributed by atoms with Crippen molar-refractivity contribution in [1.82, 2.24) is 0 Å². The molecule has 0 unspecified atom stereocenters. The van der Waals surface area contributed by atoms with Crippen LogP contribution >= 0.6 is 0 Å². The molecule has 2 aromatic rings. The van der Waals surface area contributed by atoms with Crippen molar-refractivity contribution in [2.45, 2.75) is 6.92 Å². The summed E-state index contributed by atoms with van der Waals surface area (Å²) < 4.78 is 4.80. The lowest BCUT2D eigenvalue weighted by atomic mass is 10.1. The molecular weight excluding hydrogens is 300 g/mol. The van der Waals surface area contributed by atoms with Gasteiger partial charge in [0, 0.05) is 13.0 Å². The molecule has 23 heavy (non-hydrogen) atoms. The molecule has 0 aliphatic carbocycles. The number of hydrogen-bond donors (Lipinski definition) is 3. The standard InChI is InChI=1S/C17H14O6/c1-10(18)23-12-4-5-13(16(21)9-12)14(19)6-2-11-3-7-15(20)17(22)8-11/h2-9,20-22H,1H3. The predicted molar refractivity (Wildman–Crippen MR) is 82.6 cm³/mol. The molecule has 2 rings (SSSR count). The van der Waals surface area contributed by atoms with Gasteiger partial charge in [0.1, 0.15) is 11.5 Å². The molecule has 0 aliphatic heterocycles. The molecule has 0 heterocycles. The molecule has 0 bridgehead atoms. The third kappa shape index (κ3) is 4.10. The number of phenolic OH excluding ortho intramolecular Hbond substituents is 3. The van der Waals surface area contributed by atoms with Crippen molar-refractivity contribution in [3.8, 4) is 23.0 Å². The van der Waals surface area contributed by atoms with E-state index in [-0.39, 0.29) is 28.6 Å². The lowest BCUT2D eigenvalue weighted by molar-refractivity contribution is -0.131. The monoisotopic (exact) mass is 314 g/mol. The molecule has 0 saturated heterocycles. The fraction of sp³-hybridized carbons (Fsp3) is 0.0588. The minimum atomic E-state index is -0.532. The molecule has 6 heteroatoms.